The number of benzene rings is 1. The van der Waals surface area contributed by atoms with Gasteiger partial charge in [-0.25, -0.2) is 0 Å². The average molecular weight is 311 g/mol. The van der Waals surface area contributed by atoms with Gasteiger partial charge in [0.15, 0.2) is 0 Å². The Kier molecular flexibility index (Phi) is 4.00. The van der Waals surface area contributed by atoms with Crippen LogP contribution in [0, 0.1) is 11.3 Å². The minimum Gasteiger partial charge on any atom is -0.381 e. The van der Waals surface area contributed by atoms with Crippen LogP contribution in [0.15, 0.2) is 24.3 Å². The van der Waals surface area contributed by atoms with E-state index < -0.39 is 0 Å². The highest BCUT2D eigenvalue weighted by atomic mass is 16.5. The van der Waals surface area contributed by atoms with Gasteiger partial charge in [-0.05, 0) is 50.4 Å². The molecule has 1 aromatic rings. The summed E-state index contributed by atoms with van der Waals surface area (Å²) in [4.78, 5) is 4.96. The van der Waals surface area contributed by atoms with Gasteiger partial charge in [0.05, 0.1) is 6.07 Å². The normalized spacial score (nSPS) is 24.6. The Bertz CT molecular complexity index is 595. The summed E-state index contributed by atoms with van der Waals surface area (Å²) < 4.78 is 5.51. The lowest BCUT2D eigenvalue weighted by Gasteiger charge is -2.44. The minimum atomic E-state index is 0.259. The molecule has 3 aliphatic rings. The van der Waals surface area contributed by atoms with Crippen molar-refractivity contribution >= 4 is 5.69 Å². The predicted octanol–water partition coefficient (Wildman–Crippen LogP) is 2.54. The van der Waals surface area contributed by atoms with Crippen LogP contribution >= 0.6 is 0 Å². The first-order valence-corrected chi connectivity index (χ1v) is 8.86. The number of piperidine rings is 1. The number of nitrogens with zero attached hydrogens (tertiary/aromatic N) is 3. The van der Waals surface area contributed by atoms with Gasteiger partial charge in [-0.15, -0.1) is 0 Å². The maximum absolute atomic E-state index is 9.14. The number of likely N-dealkylation sites (tertiary alicyclic amines) is 1. The van der Waals surface area contributed by atoms with Crippen molar-refractivity contribution in [2.24, 2.45) is 0 Å². The monoisotopic (exact) mass is 311 g/mol. The number of ether oxygens (including phenoxy) is 1. The molecule has 3 heterocycles. The fourth-order valence-corrected chi connectivity index (χ4v) is 4.75. The third-order valence-electron chi connectivity index (χ3n) is 6.03. The highest BCUT2D eigenvalue weighted by molar-refractivity contribution is 5.63. The fourth-order valence-electron chi connectivity index (χ4n) is 4.75. The molecule has 0 atom stereocenters. The second-order valence-corrected chi connectivity index (χ2v) is 7.19. The molecule has 2 saturated heterocycles. The Hall–Kier alpha value is -1.57. The van der Waals surface area contributed by atoms with Crippen LogP contribution in [-0.4, -0.2) is 50.3 Å². The van der Waals surface area contributed by atoms with Crippen molar-refractivity contribution in [3.63, 3.8) is 0 Å². The topological polar surface area (TPSA) is 39.5 Å². The summed E-state index contributed by atoms with van der Waals surface area (Å²) in [6.07, 6.45) is 4.79. The number of hydrogen-bond acceptors (Lipinski definition) is 4. The van der Waals surface area contributed by atoms with Crippen LogP contribution in [0.3, 0.4) is 0 Å². The molecular formula is C19H25N3O. The van der Waals surface area contributed by atoms with Gasteiger partial charge in [0, 0.05) is 36.9 Å². The number of para-hydroxylation sites is 1. The van der Waals surface area contributed by atoms with Crippen LogP contribution in [0.2, 0.25) is 0 Å². The predicted molar refractivity (Wildman–Crippen MR) is 90.6 cm³/mol. The molecule has 122 valence electrons. The largest absolute Gasteiger partial charge is 0.381 e. The fraction of sp³-hybridized carbons (Fsp3) is 0.632. The van der Waals surface area contributed by atoms with Crippen molar-refractivity contribution in [3.8, 4) is 6.07 Å². The van der Waals surface area contributed by atoms with Gasteiger partial charge < -0.3 is 14.5 Å². The number of fused-ring (bicyclic) bond motifs is 2. The number of hydrogen-bond donors (Lipinski definition) is 0. The quantitative estimate of drug-likeness (QED) is 0.787. The molecule has 4 heteroatoms. The molecule has 1 spiro atoms. The summed E-state index contributed by atoms with van der Waals surface area (Å²) in [5, 5.41) is 9.14. The van der Waals surface area contributed by atoms with Crippen molar-refractivity contribution in [2.45, 2.75) is 37.1 Å². The molecule has 0 radical (unpaired) electrons. The molecule has 4 nitrogen and oxygen atoms in total. The molecule has 1 aromatic carbocycles. The summed E-state index contributed by atoms with van der Waals surface area (Å²) in [5.41, 5.74) is 3.02. The van der Waals surface area contributed by atoms with E-state index in [0.717, 1.165) is 19.8 Å². The van der Waals surface area contributed by atoms with Crippen molar-refractivity contribution in [2.75, 3.05) is 44.3 Å². The molecule has 0 bridgehead atoms. The minimum absolute atomic E-state index is 0.259. The van der Waals surface area contributed by atoms with E-state index in [1.165, 1.54) is 50.0 Å². The lowest BCUT2D eigenvalue weighted by molar-refractivity contribution is 0.0184. The second-order valence-electron chi connectivity index (χ2n) is 7.19. The third kappa shape index (κ3) is 2.62. The average Bonchev–Trinajstić information content (AvgIpc) is 2.91. The van der Waals surface area contributed by atoms with E-state index in [1.54, 1.807) is 0 Å². The summed E-state index contributed by atoms with van der Waals surface area (Å²) in [7, 11) is 0. The zero-order chi connectivity index (χ0) is 15.7. The molecule has 2 fully saturated rings. The SMILES string of the molecule is N#CCN1CC2(CCN(C3CCOCC3)CC2)c2ccccc21. The van der Waals surface area contributed by atoms with Crippen LogP contribution in [0.25, 0.3) is 0 Å². The second kappa shape index (κ2) is 6.14. The molecule has 0 N–H and O–H groups in total. The Labute approximate surface area is 138 Å². The van der Waals surface area contributed by atoms with E-state index >= 15 is 0 Å². The van der Waals surface area contributed by atoms with E-state index in [4.69, 9.17) is 10.00 Å². The van der Waals surface area contributed by atoms with E-state index in [2.05, 4.69) is 40.1 Å². The molecule has 0 aliphatic carbocycles. The van der Waals surface area contributed by atoms with Gasteiger partial charge in [0.25, 0.3) is 0 Å². The highest BCUT2D eigenvalue weighted by Crippen LogP contribution is 2.47. The van der Waals surface area contributed by atoms with Crippen LogP contribution < -0.4 is 4.90 Å². The van der Waals surface area contributed by atoms with E-state index in [-0.39, 0.29) is 5.41 Å². The smallest absolute Gasteiger partial charge is 0.105 e. The maximum atomic E-state index is 9.14. The standard InChI is InChI=1S/C19H25N3O/c20-9-12-22-15-19(17-3-1-2-4-18(17)22)7-10-21(11-8-19)16-5-13-23-14-6-16/h1-4,16H,5-8,10-15H2. The van der Waals surface area contributed by atoms with E-state index in [9.17, 15) is 0 Å². The molecular weight excluding hydrogens is 286 g/mol. The zero-order valence-electron chi connectivity index (χ0n) is 13.7. The Morgan fingerprint density at radius 1 is 1.17 bits per heavy atom. The molecule has 0 amide bonds. The van der Waals surface area contributed by atoms with Crippen LogP contribution in [-0.2, 0) is 10.2 Å². The molecule has 23 heavy (non-hydrogen) atoms. The summed E-state index contributed by atoms with van der Waals surface area (Å²) in [6, 6.07) is 11.8. The van der Waals surface area contributed by atoms with Gasteiger partial charge in [-0.3, -0.25) is 0 Å². The van der Waals surface area contributed by atoms with Crippen LogP contribution in [0.4, 0.5) is 5.69 Å². The first-order valence-electron chi connectivity index (χ1n) is 8.86. The maximum Gasteiger partial charge on any atom is 0.105 e. The Balaban J connectivity index is 1.51. The molecule has 0 aromatic heterocycles. The zero-order valence-corrected chi connectivity index (χ0v) is 13.7. The first-order chi connectivity index (χ1) is 11.3. The lowest BCUT2D eigenvalue weighted by Crippen LogP contribution is -2.49. The number of rotatable bonds is 2. The highest BCUT2D eigenvalue weighted by Gasteiger charge is 2.45. The van der Waals surface area contributed by atoms with Crippen molar-refractivity contribution < 1.29 is 4.74 Å². The van der Waals surface area contributed by atoms with Crippen molar-refractivity contribution in [1.82, 2.24) is 4.90 Å². The number of anilines is 1. The van der Waals surface area contributed by atoms with E-state index in [1.807, 2.05) is 0 Å². The summed E-state index contributed by atoms with van der Waals surface area (Å²) in [6.45, 7) is 5.72. The van der Waals surface area contributed by atoms with Gasteiger partial charge in [0.1, 0.15) is 6.54 Å². The number of nitriles is 1. The summed E-state index contributed by atoms with van der Waals surface area (Å²) in [5.74, 6) is 0. The summed E-state index contributed by atoms with van der Waals surface area (Å²) >= 11 is 0. The van der Waals surface area contributed by atoms with E-state index in [0.29, 0.717) is 12.6 Å². The lowest BCUT2D eigenvalue weighted by atomic mass is 9.74. The third-order valence-corrected chi connectivity index (χ3v) is 6.03. The molecule has 0 saturated carbocycles. The van der Waals surface area contributed by atoms with Crippen molar-refractivity contribution in [1.29, 1.82) is 5.26 Å². The van der Waals surface area contributed by atoms with Gasteiger partial charge in [-0.1, -0.05) is 18.2 Å². The van der Waals surface area contributed by atoms with Gasteiger partial charge >= 0.3 is 0 Å². The van der Waals surface area contributed by atoms with Gasteiger partial charge in [0.2, 0.25) is 0 Å². The first kappa shape index (κ1) is 15.0. The van der Waals surface area contributed by atoms with Crippen LogP contribution in [0.1, 0.15) is 31.2 Å². The van der Waals surface area contributed by atoms with Crippen LogP contribution in [0.5, 0.6) is 0 Å². The Morgan fingerprint density at radius 3 is 2.65 bits per heavy atom. The van der Waals surface area contributed by atoms with Crippen molar-refractivity contribution in [3.05, 3.63) is 29.8 Å². The molecule has 0 unspecified atom stereocenters. The van der Waals surface area contributed by atoms with Gasteiger partial charge in [-0.2, -0.15) is 5.26 Å². The molecule has 4 rings (SSSR count). The molecule has 3 aliphatic heterocycles. The Morgan fingerprint density at radius 2 is 1.91 bits per heavy atom.